The lowest BCUT2D eigenvalue weighted by Gasteiger charge is -2.20. The molecule has 1 aliphatic rings. The Bertz CT molecular complexity index is 979. The van der Waals surface area contributed by atoms with E-state index in [1.807, 2.05) is 42.8 Å². The molecule has 2 atom stereocenters. The molecule has 4 heterocycles. The van der Waals surface area contributed by atoms with Crippen LogP contribution in [0.3, 0.4) is 0 Å². The second kappa shape index (κ2) is 6.44. The van der Waals surface area contributed by atoms with Crippen molar-refractivity contribution < 1.29 is 9.53 Å². The minimum atomic E-state index is -0.0735. The van der Waals surface area contributed by atoms with E-state index in [4.69, 9.17) is 9.72 Å². The van der Waals surface area contributed by atoms with Crippen LogP contribution in [0.4, 0.5) is 0 Å². The van der Waals surface area contributed by atoms with Gasteiger partial charge in [-0.1, -0.05) is 6.07 Å². The van der Waals surface area contributed by atoms with Gasteiger partial charge in [-0.25, -0.2) is 4.52 Å². The van der Waals surface area contributed by atoms with Gasteiger partial charge in [0.25, 0.3) is 0 Å². The van der Waals surface area contributed by atoms with Gasteiger partial charge in [0, 0.05) is 36.3 Å². The van der Waals surface area contributed by atoms with Crippen LogP contribution in [0, 0.1) is 19.8 Å². The maximum Gasteiger partial charge on any atom is 0.220 e. The van der Waals surface area contributed by atoms with Crippen molar-refractivity contribution in [1.82, 2.24) is 19.9 Å². The number of nitrogens with one attached hydrogen (secondary N) is 1. The highest BCUT2D eigenvalue weighted by Crippen LogP contribution is 2.30. The summed E-state index contributed by atoms with van der Waals surface area (Å²) in [5.41, 5.74) is 4.92. The van der Waals surface area contributed by atoms with E-state index in [1.165, 1.54) is 0 Å². The van der Waals surface area contributed by atoms with Crippen LogP contribution in [0.5, 0.6) is 5.75 Å². The van der Waals surface area contributed by atoms with E-state index in [-0.39, 0.29) is 17.9 Å². The molecule has 3 aromatic heterocycles. The zero-order chi connectivity index (χ0) is 18.3. The van der Waals surface area contributed by atoms with Crippen molar-refractivity contribution in [3.05, 3.63) is 47.9 Å². The molecular weight excluding hydrogens is 328 g/mol. The lowest BCUT2D eigenvalue weighted by Crippen LogP contribution is -2.25. The monoisotopic (exact) mass is 350 g/mol. The maximum atomic E-state index is 11.5. The van der Waals surface area contributed by atoms with E-state index in [0.717, 1.165) is 33.8 Å². The fourth-order valence-corrected chi connectivity index (χ4v) is 3.28. The summed E-state index contributed by atoms with van der Waals surface area (Å²) in [4.78, 5) is 16.2. The Hall–Kier alpha value is -2.89. The second-order valence-electron chi connectivity index (χ2n) is 6.94. The van der Waals surface area contributed by atoms with Crippen LogP contribution in [-0.2, 0) is 4.79 Å². The number of hydrogen-bond donors (Lipinski definition) is 1. The molecule has 6 heteroatoms. The van der Waals surface area contributed by atoms with E-state index in [0.29, 0.717) is 13.0 Å². The minimum absolute atomic E-state index is 0.0735. The lowest BCUT2D eigenvalue weighted by atomic mass is 10.0. The van der Waals surface area contributed by atoms with Gasteiger partial charge in [0.15, 0.2) is 0 Å². The molecule has 0 radical (unpaired) electrons. The molecule has 134 valence electrons. The summed E-state index contributed by atoms with van der Waals surface area (Å²) in [6.45, 7) is 6.73. The molecule has 4 rings (SSSR count). The van der Waals surface area contributed by atoms with Crippen molar-refractivity contribution in [3.8, 4) is 17.0 Å². The highest BCUT2D eigenvalue weighted by Gasteiger charge is 2.28. The van der Waals surface area contributed by atoms with Crippen LogP contribution in [0.1, 0.15) is 24.6 Å². The van der Waals surface area contributed by atoms with E-state index in [1.54, 1.807) is 6.20 Å². The fraction of sp³-hybridized carbons (Fsp3) is 0.350. The van der Waals surface area contributed by atoms with Gasteiger partial charge >= 0.3 is 0 Å². The fourth-order valence-electron chi connectivity index (χ4n) is 3.28. The Morgan fingerprint density at radius 1 is 1.31 bits per heavy atom. The minimum Gasteiger partial charge on any atom is -0.488 e. The van der Waals surface area contributed by atoms with Gasteiger partial charge in [-0.3, -0.25) is 9.78 Å². The zero-order valence-electron chi connectivity index (χ0n) is 15.2. The maximum absolute atomic E-state index is 11.5. The first-order chi connectivity index (χ1) is 12.5. The Labute approximate surface area is 152 Å². The largest absolute Gasteiger partial charge is 0.488 e. The molecule has 0 aliphatic carbocycles. The molecule has 1 amide bonds. The highest BCUT2D eigenvalue weighted by molar-refractivity contribution is 5.78. The third kappa shape index (κ3) is 3.03. The molecule has 1 saturated heterocycles. The molecule has 0 saturated carbocycles. The van der Waals surface area contributed by atoms with Gasteiger partial charge < -0.3 is 10.1 Å². The molecule has 26 heavy (non-hydrogen) atoms. The van der Waals surface area contributed by atoms with Crippen molar-refractivity contribution in [3.63, 3.8) is 0 Å². The summed E-state index contributed by atoms with van der Waals surface area (Å²) in [5.74, 6) is 1.02. The Balaban J connectivity index is 1.70. The SMILES string of the molecule is Cc1ccc(-c2cc(O[C@H](C)[C@H]3CNC(=O)C3)c3ccnn3c2)nc1C. The molecule has 0 aromatic carbocycles. The number of carbonyl (C=O) groups is 1. The van der Waals surface area contributed by atoms with Gasteiger partial charge in [0.05, 0.1) is 11.9 Å². The normalized spacial score (nSPS) is 18.1. The van der Waals surface area contributed by atoms with Crippen molar-refractivity contribution >= 4 is 11.4 Å². The number of nitrogens with zero attached hydrogens (tertiary/aromatic N) is 3. The first-order valence-electron chi connectivity index (χ1n) is 8.86. The molecule has 0 spiro atoms. The predicted molar refractivity (Wildman–Crippen MR) is 99.1 cm³/mol. The van der Waals surface area contributed by atoms with Crippen LogP contribution in [0.2, 0.25) is 0 Å². The third-order valence-electron chi connectivity index (χ3n) is 5.10. The van der Waals surface area contributed by atoms with Crippen LogP contribution in [0.25, 0.3) is 16.8 Å². The quantitative estimate of drug-likeness (QED) is 0.785. The van der Waals surface area contributed by atoms with Crippen molar-refractivity contribution in [2.75, 3.05) is 6.54 Å². The Kier molecular flexibility index (Phi) is 4.11. The van der Waals surface area contributed by atoms with E-state index < -0.39 is 0 Å². The zero-order valence-corrected chi connectivity index (χ0v) is 15.2. The predicted octanol–water partition coefficient (Wildman–Crippen LogP) is 2.92. The number of amides is 1. The molecule has 1 aliphatic heterocycles. The molecule has 0 bridgehead atoms. The smallest absolute Gasteiger partial charge is 0.220 e. The van der Waals surface area contributed by atoms with Crippen LogP contribution in [-0.4, -0.2) is 33.2 Å². The van der Waals surface area contributed by atoms with Crippen molar-refractivity contribution in [2.24, 2.45) is 5.92 Å². The summed E-state index contributed by atoms with van der Waals surface area (Å²) in [6, 6.07) is 8.02. The van der Waals surface area contributed by atoms with Crippen molar-refractivity contribution in [2.45, 2.75) is 33.3 Å². The number of aryl methyl sites for hydroxylation is 2. The number of pyridine rings is 2. The number of aromatic nitrogens is 3. The second-order valence-corrected chi connectivity index (χ2v) is 6.94. The van der Waals surface area contributed by atoms with Gasteiger partial charge in [0.1, 0.15) is 17.4 Å². The van der Waals surface area contributed by atoms with E-state index in [2.05, 4.69) is 23.4 Å². The van der Waals surface area contributed by atoms with Gasteiger partial charge in [-0.2, -0.15) is 5.10 Å². The number of fused-ring (bicyclic) bond motifs is 1. The van der Waals surface area contributed by atoms with Crippen LogP contribution >= 0.6 is 0 Å². The van der Waals surface area contributed by atoms with E-state index >= 15 is 0 Å². The van der Waals surface area contributed by atoms with E-state index in [9.17, 15) is 4.79 Å². The summed E-state index contributed by atoms with van der Waals surface area (Å²) in [6.07, 6.45) is 4.15. The first-order valence-corrected chi connectivity index (χ1v) is 8.86. The lowest BCUT2D eigenvalue weighted by molar-refractivity contribution is -0.119. The van der Waals surface area contributed by atoms with Gasteiger partial charge in [-0.05, 0) is 44.5 Å². The molecule has 6 nitrogen and oxygen atoms in total. The van der Waals surface area contributed by atoms with Crippen molar-refractivity contribution in [1.29, 1.82) is 0 Å². The summed E-state index contributed by atoms with van der Waals surface area (Å²) < 4.78 is 8.07. The summed E-state index contributed by atoms with van der Waals surface area (Å²) in [5, 5.41) is 7.24. The van der Waals surface area contributed by atoms with Crippen LogP contribution in [0.15, 0.2) is 36.7 Å². The summed E-state index contributed by atoms with van der Waals surface area (Å²) >= 11 is 0. The molecule has 1 N–H and O–H groups in total. The summed E-state index contributed by atoms with van der Waals surface area (Å²) in [7, 11) is 0. The average Bonchev–Trinajstić information content (AvgIpc) is 3.26. The number of ether oxygens (including phenoxy) is 1. The number of hydrogen-bond acceptors (Lipinski definition) is 4. The average molecular weight is 350 g/mol. The van der Waals surface area contributed by atoms with Gasteiger partial charge in [0.2, 0.25) is 5.91 Å². The highest BCUT2D eigenvalue weighted by atomic mass is 16.5. The molecular formula is C20H22N4O2. The topological polar surface area (TPSA) is 68.5 Å². The molecule has 0 unspecified atom stereocenters. The molecule has 3 aromatic rings. The van der Waals surface area contributed by atoms with Crippen LogP contribution < -0.4 is 10.1 Å². The Morgan fingerprint density at radius 2 is 2.15 bits per heavy atom. The standard InChI is InChI=1S/C20H22N4O2/c1-12-4-5-17(23-13(12)2)16-8-19(18-6-7-22-24(18)11-16)26-14(3)15-9-20(25)21-10-15/h4-8,11,14-15H,9-10H2,1-3H3,(H,21,25)/t14-,15-/m1/s1. The van der Waals surface area contributed by atoms with Gasteiger partial charge in [-0.15, -0.1) is 0 Å². The number of rotatable bonds is 4. The third-order valence-corrected chi connectivity index (χ3v) is 5.10. The first kappa shape index (κ1) is 16.6. The Morgan fingerprint density at radius 3 is 2.88 bits per heavy atom. The molecule has 1 fully saturated rings. The number of carbonyl (C=O) groups excluding carboxylic acids is 1.